The molecule has 2 N–H and O–H groups in total. The topological polar surface area (TPSA) is 117 Å². The number of imidazole rings is 1. The highest BCUT2D eigenvalue weighted by Gasteiger charge is 2.40. The van der Waals surface area contributed by atoms with Crippen molar-refractivity contribution >= 4 is 47.4 Å². The van der Waals surface area contributed by atoms with Crippen LogP contribution in [0.5, 0.6) is 0 Å². The third-order valence-electron chi connectivity index (χ3n) is 8.37. The number of amides is 3. The number of anilines is 1. The number of hydrogen-bond acceptors (Lipinski definition) is 6. The van der Waals surface area contributed by atoms with E-state index in [0.29, 0.717) is 32.7 Å². The normalized spacial score (nSPS) is 18.8. The molecule has 3 aliphatic rings. The zero-order valence-corrected chi connectivity index (χ0v) is 26.0. The fourth-order valence-electron chi connectivity index (χ4n) is 5.76. The summed E-state index contributed by atoms with van der Waals surface area (Å²) in [6.07, 6.45) is 1.27. The molecule has 1 aliphatic carbocycles. The summed E-state index contributed by atoms with van der Waals surface area (Å²) in [4.78, 5) is 46.7. The molecule has 3 aromatic rings. The predicted molar refractivity (Wildman–Crippen MR) is 162 cm³/mol. The van der Waals surface area contributed by atoms with Gasteiger partial charge in [0.1, 0.15) is 0 Å². The SMILES string of the molecule is Cl.Cn1c(-c2cn(C3CC3)nc2C(F)(F)F)cnc1C(=O)Nc1ccc(C(=O)N2CCN(C(=O)C3CCCNC3)CC2)c(Cl)c1. The van der Waals surface area contributed by atoms with Crippen LogP contribution >= 0.6 is 24.0 Å². The van der Waals surface area contributed by atoms with Crippen molar-refractivity contribution in [2.45, 2.75) is 37.9 Å². The van der Waals surface area contributed by atoms with Gasteiger partial charge in [0.05, 0.1) is 40.0 Å². The van der Waals surface area contributed by atoms with E-state index in [0.717, 1.165) is 32.2 Å². The van der Waals surface area contributed by atoms with E-state index in [1.54, 1.807) is 4.90 Å². The molecule has 16 heteroatoms. The largest absolute Gasteiger partial charge is 0.435 e. The number of nitrogens with zero attached hydrogens (tertiary/aromatic N) is 6. The number of carbonyl (C=O) groups excluding carboxylic acids is 3. The third kappa shape index (κ3) is 6.82. The lowest BCUT2D eigenvalue weighted by molar-refractivity contribution is -0.141. The van der Waals surface area contributed by atoms with Gasteiger partial charge in [0.15, 0.2) is 11.5 Å². The monoisotopic (exact) mass is 668 g/mol. The second-order valence-corrected chi connectivity index (χ2v) is 11.8. The average molecular weight is 670 g/mol. The number of benzene rings is 1. The van der Waals surface area contributed by atoms with Crippen LogP contribution in [-0.4, -0.2) is 86.1 Å². The minimum absolute atomic E-state index is 0. The van der Waals surface area contributed by atoms with Crippen LogP contribution in [0.4, 0.5) is 18.9 Å². The highest BCUT2D eigenvalue weighted by Crippen LogP contribution is 2.41. The summed E-state index contributed by atoms with van der Waals surface area (Å²) in [7, 11) is 1.46. The Kier molecular flexibility index (Phi) is 9.47. The van der Waals surface area contributed by atoms with Gasteiger partial charge in [-0.3, -0.25) is 19.1 Å². The lowest BCUT2D eigenvalue weighted by Crippen LogP contribution is -2.53. The maximum atomic E-state index is 13.7. The lowest BCUT2D eigenvalue weighted by Gasteiger charge is -2.37. The Morgan fingerprint density at radius 1 is 1.07 bits per heavy atom. The Balaban J connectivity index is 0.00000400. The van der Waals surface area contributed by atoms with Crippen LogP contribution in [0.2, 0.25) is 5.02 Å². The number of nitrogens with one attached hydrogen (secondary N) is 2. The number of alkyl halides is 3. The van der Waals surface area contributed by atoms with E-state index in [1.165, 1.54) is 46.9 Å². The molecule has 2 saturated heterocycles. The van der Waals surface area contributed by atoms with Gasteiger partial charge in [0, 0.05) is 51.7 Å². The molecule has 6 rings (SSSR count). The van der Waals surface area contributed by atoms with Gasteiger partial charge >= 0.3 is 6.18 Å². The molecule has 11 nitrogen and oxygen atoms in total. The highest BCUT2D eigenvalue weighted by molar-refractivity contribution is 6.34. The van der Waals surface area contributed by atoms with Gasteiger partial charge in [-0.05, 0) is 50.4 Å². The molecule has 2 aliphatic heterocycles. The van der Waals surface area contributed by atoms with Gasteiger partial charge in [-0.2, -0.15) is 18.3 Å². The molecule has 1 atom stereocenters. The molecule has 1 unspecified atom stereocenters. The molecule has 0 spiro atoms. The van der Waals surface area contributed by atoms with Crippen molar-refractivity contribution < 1.29 is 27.6 Å². The van der Waals surface area contributed by atoms with Crippen molar-refractivity contribution in [3.8, 4) is 11.3 Å². The maximum Gasteiger partial charge on any atom is 0.435 e. The Labute approximate surface area is 268 Å². The number of rotatable bonds is 6. The smallest absolute Gasteiger partial charge is 0.339 e. The Morgan fingerprint density at radius 2 is 1.78 bits per heavy atom. The molecule has 2 aromatic heterocycles. The fourth-order valence-corrected chi connectivity index (χ4v) is 6.02. The van der Waals surface area contributed by atoms with Crippen molar-refractivity contribution in [3.05, 3.63) is 52.7 Å². The minimum Gasteiger partial charge on any atom is -0.339 e. The summed E-state index contributed by atoms with van der Waals surface area (Å²) in [5, 5.41) is 9.81. The van der Waals surface area contributed by atoms with E-state index < -0.39 is 17.8 Å². The van der Waals surface area contributed by atoms with Gasteiger partial charge in [0.25, 0.3) is 11.8 Å². The summed E-state index contributed by atoms with van der Waals surface area (Å²) in [6.45, 7) is 3.28. The van der Waals surface area contributed by atoms with E-state index >= 15 is 0 Å². The molecule has 1 aromatic carbocycles. The molecular formula is C29H33Cl2F3N8O3. The zero-order valence-electron chi connectivity index (χ0n) is 24.4. The van der Waals surface area contributed by atoms with Gasteiger partial charge in [-0.25, -0.2) is 4.98 Å². The molecule has 45 heavy (non-hydrogen) atoms. The number of halogens is 5. The summed E-state index contributed by atoms with van der Waals surface area (Å²) in [5.41, 5.74) is -0.533. The first-order chi connectivity index (χ1) is 21.0. The highest BCUT2D eigenvalue weighted by atomic mass is 35.5. The molecule has 0 bridgehead atoms. The van der Waals surface area contributed by atoms with Gasteiger partial charge < -0.3 is 25.0 Å². The van der Waals surface area contributed by atoms with Crippen LogP contribution in [0.25, 0.3) is 11.3 Å². The van der Waals surface area contributed by atoms with E-state index in [4.69, 9.17) is 11.6 Å². The molecule has 3 fully saturated rings. The maximum absolute atomic E-state index is 13.7. The second kappa shape index (κ2) is 13.0. The first-order valence-electron chi connectivity index (χ1n) is 14.6. The van der Waals surface area contributed by atoms with E-state index in [-0.39, 0.29) is 69.5 Å². The third-order valence-corrected chi connectivity index (χ3v) is 8.68. The van der Waals surface area contributed by atoms with Gasteiger partial charge in [-0.1, -0.05) is 11.6 Å². The zero-order chi connectivity index (χ0) is 31.2. The Hall–Kier alpha value is -3.62. The molecule has 242 valence electrons. The average Bonchev–Trinajstić information content (AvgIpc) is 3.64. The Bertz CT molecular complexity index is 1590. The Morgan fingerprint density at radius 3 is 2.40 bits per heavy atom. The van der Waals surface area contributed by atoms with Gasteiger partial charge in [-0.15, -0.1) is 12.4 Å². The van der Waals surface area contributed by atoms with Crippen molar-refractivity contribution in [3.63, 3.8) is 0 Å². The number of piperazine rings is 1. The number of carbonyl (C=O) groups is 3. The van der Waals surface area contributed by atoms with Crippen LogP contribution < -0.4 is 10.6 Å². The molecule has 4 heterocycles. The number of hydrogen-bond donors (Lipinski definition) is 2. The number of aromatic nitrogens is 4. The van der Waals surface area contributed by atoms with Crippen LogP contribution in [0.1, 0.15) is 58.4 Å². The van der Waals surface area contributed by atoms with Crippen molar-refractivity contribution in [2.75, 3.05) is 44.6 Å². The predicted octanol–water partition coefficient (Wildman–Crippen LogP) is 4.25. The summed E-state index contributed by atoms with van der Waals surface area (Å²) < 4.78 is 43.8. The first-order valence-corrected chi connectivity index (χ1v) is 15.0. The second-order valence-electron chi connectivity index (χ2n) is 11.4. The fraction of sp³-hybridized carbons (Fsp3) is 0.483. The van der Waals surface area contributed by atoms with Crippen LogP contribution in [0.3, 0.4) is 0 Å². The lowest BCUT2D eigenvalue weighted by atomic mass is 9.98. The van der Waals surface area contributed by atoms with Crippen molar-refractivity contribution in [1.29, 1.82) is 0 Å². The summed E-state index contributed by atoms with van der Waals surface area (Å²) >= 11 is 6.46. The van der Waals surface area contributed by atoms with Crippen LogP contribution in [0.15, 0.2) is 30.6 Å². The molecule has 0 radical (unpaired) electrons. The van der Waals surface area contributed by atoms with Crippen molar-refractivity contribution in [1.82, 2.24) is 34.4 Å². The molecule has 3 amide bonds. The molecular weight excluding hydrogens is 636 g/mol. The quantitative estimate of drug-likeness (QED) is 0.406. The molecule has 1 saturated carbocycles. The standard InChI is InChI=1S/C29H32ClF3N8O3.ClH/c1-38-23(21-16-41(19-5-6-19)37-24(21)29(31,32)33)15-35-25(38)26(42)36-18-4-7-20(22(30)13-18)28(44)40-11-9-39(10-12-40)27(43)17-3-2-8-34-14-17;/h4,7,13,15-17,19,34H,2-3,5-6,8-12,14H2,1H3,(H,36,42);1H. The summed E-state index contributed by atoms with van der Waals surface area (Å²) in [6, 6.07) is 4.42. The van der Waals surface area contributed by atoms with E-state index in [2.05, 4.69) is 20.7 Å². The first kappa shape index (κ1) is 32.8. The minimum atomic E-state index is -4.67. The van der Waals surface area contributed by atoms with E-state index in [1.807, 2.05) is 4.90 Å². The van der Waals surface area contributed by atoms with Crippen LogP contribution in [0, 0.1) is 5.92 Å². The van der Waals surface area contributed by atoms with Crippen molar-refractivity contribution in [2.24, 2.45) is 13.0 Å². The number of piperidine rings is 1. The van der Waals surface area contributed by atoms with Gasteiger partial charge in [0.2, 0.25) is 5.91 Å². The summed E-state index contributed by atoms with van der Waals surface area (Å²) in [5.74, 6) is -0.952. The van der Waals surface area contributed by atoms with Crippen LogP contribution in [-0.2, 0) is 18.0 Å². The van der Waals surface area contributed by atoms with E-state index in [9.17, 15) is 27.6 Å².